The lowest BCUT2D eigenvalue weighted by molar-refractivity contribution is -0.140. The molecule has 8 atom stereocenters. The predicted octanol–water partition coefficient (Wildman–Crippen LogP) is 7.06. The lowest BCUT2D eigenvalue weighted by atomic mass is 10.4. The van der Waals surface area contributed by atoms with Gasteiger partial charge in [0.05, 0.1) is 38.8 Å². The van der Waals surface area contributed by atoms with Crippen LogP contribution in [-0.2, 0) is 9.53 Å². The van der Waals surface area contributed by atoms with Crippen molar-refractivity contribution < 1.29 is 9.53 Å². The van der Waals surface area contributed by atoms with Gasteiger partial charge in [-0.05, 0) is 20.3 Å². The number of carbonyl (C=O) groups excluding carboxylic acids is 1. The van der Waals surface area contributed by atoms with E-state index in [0.29, 0.717) is 6.61 Å². The van der Waals surface area contributed by atoms with Crippen LogP contribution >= 0.6 is 108 Å². The average Bonchev–Trinajstić information content (AvgIpc) is 3.58. The summed E-state index contributed by atoms with van der Waals surface area (Å²) in [7, 11) is 0. The van der Waals surface area contributed by atoms with E-state index in [9.17, 15) is 4.79 Å². The number of rotatable bonds is 8. The highest BCUT2D eigenvalue weighted by molar-refractivity contribution is 8.36. The number of unbranched alkanes of at least 4 members (excludes halogenated alkanes) is 1. The highest BCUT2D eigenvalue weighted by Gasteiger charge is 2.53. The van der Waals surface area contributed by atoms with Gasteiger partial charge >= 0.3 is 5.97 Å². The molecule has 0 N–H and O–H groups in total. The third kappa shape index (κ3) is 11.1. The van der Waals surface area contributed by atoms with E-state index in [2.05, 4.69) is 120 Å². The Morgan fingerprint density at radius 1 is 1.00 bits per heavy atom. The maximum absolute atomic E-state index is 10.4. The van der Waals surface area contributed by atoms with Crippen LogP contribution in [0.25, 0.3) is 0 Å². The summed E-state index contributed by atoms with van der Waals surface area (Å²) in [6.07, 6.45) is 2.00. The Bertz CT molecular complexity index is 509. The minimum absolute atomic E-state index is 0.184. The van der Waals surface area contributed by atoms with Crippen LogP contribution < -0.4 is 0 Å². The van der Waals surface area contributed by atoms with Crippen molar-refractivity contribution in [3.63, 3.8) is 0 Å². The Kier molecular flexibility index (Phi) is 11.9. The number of esters is 1. The third-order valence-electron chi connectivity index (χ3n) is 4.17. The lowest BCUT2D eigenvalue weighted by Crippen LogP contribution is -2.06. The summed E-state index contributed by atoms with van der Waals surface area (Å²) in [4.78, 5) is 10.4. The van der Waals surface area contributed by atoms with Crippen molar-refractivity contribution >= 4 is 114 Å². The second-order valence-electron chi connectivity index (χ2n) is 7.43. The molecule has 0 amide bonds. The van der Waals surface area contributed by atoms with Gasteiger partial charge in [-0.25, -0.2) is 0 Å². The van der Waals surface area contributed by atoms with Crippen LogP contribution in [0.4, 0.5) is 0 Å². The number of thiol groups is 3. The van der Waals surface area contributed by atoms with Gasteiger partial charge in [-0.3, -0.25) is 4.79 Å². The minimum atomic E-state index is -0.230. The van der Waals surface area contributed by atoms with Crippen LogP contribution in [0.5, 0.6) is 0 Å². The van der Waals surface area contributed by atoms with E-state index in [0.717, 1.165) is 41.7 Å². The second-order valence-corrected chi connectivity index (χ2v) is 20.1. The predicted molar refractivity (Wildman–Crippen MR) is 154 cm³/mol. The van der Waals surface area contributed by atoms with Gasteiger partial charge in [0.2, 0.25) is 0 Å². The van der Waals surface area contributed by atoms with Crippen molar-refractivity contribution in [3.8, 4) is 0 Å². The molecule has 11 heteroatoms. The molecule has 0 saturated carbocycles. The fourth-order valence-electron chi connectivity index (χ4n) is 1.91. The van der Waals surface area contributed by atoms with Crippen molar-refractivity contribution in [1.29, 1.82) is 0 Å². The van der Waals surface area contributed by atoms with E-state index in [1.54, 1.807) is 0 Å². The first-order chi connectivity index (χ1) is 13.5. The van der Waals surface area contributed by atoms with Crippen molar-refractivity contribution in [3.05, 3.63) is 0 Å². The van der Waals surface area contributed by atoms with Crippen LogP contribution in [0.1, 0.15) is 47.5 Å². The molecule has 4 aliphatic rings. The average molecular weight is 569 g/mol. The van der Waals surface area contributed by atoms with Gasteiger partial charge in [0.15, 0.2) is 0 Å². The summed E-state index contributed by atoms with van der Waals surface area (Å²) >= 11 is 25.0. The molecule has 29 heavy (non-hydrogen) atoms. The fraction of sp³-hybridized carbons (Fsp3) is 0.944. The van der Waals surface area contributed by atoms with Gasteiger partial charge in [-0.2, -0.15) is 37.9 Å². The highest BCUT2D eigenvalue weighted by Crippen LogP contribution is 2.67. The second kappa shape index (κ2) is 12.4. The zero-order valence-electron chi connectivity index (χ0n) is 17.4. The van der Waals surface area contributed by atoms with Gasteiger partial charge in [0, 0.05) is 10.5 Å². The number of hydrogen-bond acceptors (Lipinski definition) is 11. The van der Waals surface area contributed by atoms with Gasteiger partial charge in [-0.15, -0.1) is 70.6 Å². The van der Waals surface area contributed by atoms with Crippen molar-refractivity contribution in [2.24, 2.45) is 0 Å². The minimum Gasteiger partial charge on any atom is -0.465 e. The molecule has 8 unspecified atom stereocenters. The SMILES string of the molecule is CC1SC1SC1SC1(C)S.CC1SC1SC1SC1(C)S.CCCCOC(=O)CS. The first kappa shape index (κ1) is 27.9. The van der Waals surface area contributed by atoms with Gasteiger partial charge < -0.3 is 4.74 Å². The van der Waals surface area contributed by atoms with Crippen molar-refractivity contribution in [2.45, 2.75) is 84.4 Å². The summed E-state index contributed by atoms with van der Waals surface area (Å²) < 4.78 is 8.57. The maximum Gasteiger partial charge on any atom is 0.315 e. The van der Waals surface area contributed by atoms with Gasteiger partial charge in [0.25, 0.3) is 0 Å². The number of ether oxygens (including phenoxy) is 1. The molecule has 4 fully saturated rings. The number of thioether (sulfide) groups is 6. The largest absolute Gasteiger partial charge is 0.465 e. The number of carbonyl (C=O) groups is 1. The van der Waals surface area contributed by atoms with E-state index in [1.165, 1.54) is 0 Å². The molecule has 0 aromatic heterocycles. The Balaban J connectivity index is 0.000000156. The first-order valence-electron chi connectivity index (χ1n) is 9.69. The van der Waals surface area contributed by atoms with E-state index in [4.69, 9.17) is 4.74 Å². The Morgan fingerprint density at radius 2 is 1.38 bits per heavy atom. The van der Waals surface area contributed by atoms with E-state index >= 15 is 0 Å². The molecular formula is C18H32O2S9. The molecule has 0 spiro atoms. The summed E-state index contributed by atoms with van der Waals surface area (Å²) in [5, 5.41) is 1.80. The van der Waals surface area contributed by atoms with Crippen molar-refractivity contribution in [1.82, 2.24) is 0 Å². The Morgan fingerprint density at radius 3 is 1.62 bits per heavy atom. The fourth-order valence-corrected chi connectivity index (χ4v) is 12.0. The lowest BCUT2D eigenvalue weighted by Gasteiger charge is -1.98. The molecule has 0 aromatic carbocycles. The molecule has 170 valence electrons. The molecule has 4 saturated heterocycles. The molecular weight excluding hydrogens is 537 g/mol. The monoisotopic (exact) mass is 568 g/mol. The normalized spacial score (nSPS) is 43.2. The van der Waals surface area contributed by atoms with Crippen LogP contribution in [-0.4, -0.2) is 55.3 Å². The standard InChI is InChI=1S/C6H12O2S.2C6H10S4/c1-2-3-4-8-6(7)5-9;2*1-3-4(8-3)9-5-6(2,7)10-5/h9H,2-5H2,1H3;2*3-5,7H,1-2H3. The summed E-state index contributed by atoms with van der Waals surface area (Å²) in [5.74, 6) is -0.0456. The summed E-state index contributed by atoms with van der Waals surface area (Å²) in [6.45, 7) is 11.6. The summed E-state index contributed by atoms with van der Waals surface area (Å²) in [5.41, 5.74) is 0. The first-order valence-corrected chi connectivity index (χ1v) is 16.7. The van der Waals surface area contributed by atoms with Crippen molar-refractivity contribution in [2.75, 3.05) is 12.4 Å². The molecule has 0 radical (unpaired) electrons. The maximum atomic E-state index is 10.4. The molecule has 4 heterocycles. The van der Waals surface area contributed by atoms with E-state index in [-0.39, 0.29) is 19.9 Å². The number of hydrogen-bond donors (Lipinski definition) is 3. The Labute approximate surface area is 218 Å². The van der Waals surface area contributed by atoms with Crippen LogP contribution in [0.3, 0.4) is 0 Å². The quantitative estimate of drug-likeness (QED) is 0.124. The molecule has 0 aliphatic carbocycles. The summed E-state index contributed by atoms with van der Waals surface area (Å²) in [6, 6.07) is 0. The molecule has 4 aliphatic heterocycles. The molecule has 4 rings (SSSR count). The molecule has 0 aromatic rings. The van der Waals surface area contributed by atoms with Crippen LogP contribution in [0.15, 0.2) is 0 Å². The van der Waals surface area contributed by atoms with Crippen LogP contribution in [0, 0.1) is 0 Å². The highest BCUT2D eigenvalue weighted by atomic mass is 32.3. The van der Waals surface area contributed by atoms with Gasteiger partial charge in [0.1, 0.15) is 0 Å². The topological polar surface area (TPSA) is 26.3 Å². The van der Waals surface area contributed by atoms with E-state index in [1.807, 2.05) is 23.5 Å². The van der Waals surface area contributed by atoms with Crippen LogP contribution in [0.2, 0.25) is 0 Å². The Hall–Kier alpha value is 2.62. The third-order valence-corrected chi connectivity index (χ3v) is 16.7. The molecule has 2 nitrogen and oxygen atoms in total. The zero-order chi connectivity index (χ0) is 21.8. The van der Waals surface area contributed by atoms with E-state index < -0.39 is 0 Å². The van der Waals surface area contributed by atoms with Gasteiger partial charge in [-0.1, -0.05) is 27.2 Å². The molecule has 0 bridgehead atoms. The zero-order valence-corrected chi connectivity index (χ0v) is 25.0. The smallest absolute Gasteiger partial charge is 0.315 e.